The van der Waals surface area contributed by atoms with Crippen molar-refractivity contribution in [2.24, 2.45) is 0 Å². The zero-order valence-corrected chi connectivity index (χ0v) is 2.39. The van der Waals surface area contributed by atoms with Crippen molar-refractivity contribution in [2.75, 3.05) is 0 Å². The van der Waals surface area contributed by atoms with E-state index in [1.54, 1.807) is 5.32 Å². The van der Waals surface area contributed by atoms with E-state index in [0.29, 0.717) is 0 Å². The first-order chi connectivity index (χ1) is 2.41. The molecule has 0 bridgehead atoms. The van der Waals surface area contributed by atoms with Gasteiger partial charge in [0.25, 0.3) is 0 Å². The molecule has 0 aliphatic carbocycles. The molecule has 0 saturated heterocycles. The summed E-state index contributed by atoms with van der Waals surface area (Å²) in [6.45, 7) is 0. The van der Waals surface area contributed by atoms with Crippen LogP contribution in [0.1, 0.15) is 0 Å². The molecular weight excluding hydrogens is 76.9 g/mol. The maximum atomic E-state index is 7.48. The number of nitrogens with zero attached hydrogens (tertiary/aromatic N) is 2. The van der Waals surface area contributed by atoms with Crippen molar-refractivity contribution in [1.82, 2.24) is 5.32 Å². The van der Waals surface area contributed by atoms with E-state index in [1.165, 1.54) is 12.4 Å². The minimum atomic E-state index is 0. The first-order valence-electron chi connectivity index (χ1n) is 0.947. The topological polar surface area (TPSA) is 59.6 Å². The molecular formula is C2H4BN3. The Balaban J connectivity index is 0. The SMILES string of the molecule is B.N#CNC#N. The Morgan fingerprint density at radius 2 is 1.50 bits per heavy atom. The molecule has 0 unspecified atom stereocenters. The Bertz CT molecular complexity index is 73.9. The van der Waals surface area contributed by atoms with E-state index in [9.17, 15) is 0 Å². The Hall–Kier alpha value is -1.16. The molecule has 30 valence electrons. The molecule has 1 N–H and O–H groups in total. The molecule has 0 spiro atoms. The van der Waals surface area contributed by atoms with Gasteiger partial charge in [0.2, 0.25) is 0 Å². The highest BCUT2D eigenvalue weighted by atomic mass is 14.8. The van der Waals surface area contributed by atoms with Crippen molar-refractivity contribution < 1.29 is 0 Å². The lowest BCUT2D eigenvalue weighted by atomic mass is 10.8. The van der Waals surface area contributed by atoms with Crippen LogP contribution < -0.4 is 5.32 Å². The lowest BCUT2D eigenvalue weighted by molar-refractivity contribution is 1.20. The van der Waals surface area contributed by atoms with Gasteiger partial charge in [-0.15, -0.1) is 0 Å². The Labute approximate surface area is 37.8 Å². The summed E-state index contributed by atoms with van der Waals surface area (Å²) < 4.78 is 0. The minimum Gasteiger partial charge on any atom is -0.229 e. The molecule has 0 heterocycles. The van der Waals surface area contributed by atoms with E-state index in [1.807, 2.05) is 0 Å². The summed E-state index contributed by atoms with van der Waals surface area (Å²) in [6, 6.07) is 0. The molecule has 0 fully saturated rings. The zero-order chi connectivity index (χ0) is 4.12. The third-order valence-electron chi connectivity index (χ3n) is 0.112. The van der Waals surface area contributed by atoms with Crippen molar-refractivity contribution in [3.63, 3.8) is 0 Å². The quantitative estimate of drug-likeness (QED) is 0.216. The minimum absolute atomic E-state index is 0. The fourth-order valence-electron chi connectivity index (χ4n) is 0.0250. The van der Waals surface area contributed by atoms with Crippen molar-refractivity contribution >= 4 is 8.41 Å². The molecule has 0 aromatic heterocycles. The number of rotatable bonds is 0. The molecule has 0 aliphatic heterocycles. The molecule has 6 heavy (non-hydrogen) atoms. The number of nitrogens with one attached hydrogen (secondary N) is 1. The van der Waals surface area contributed by atoms with Crippen LogP contribution in [-0.4, -0.2) is 8.41 Å². The van der Waals surface area contributed by atoms with Gasteiger partial charge in [0.1, 0.15) is 0 Å². The number of hydrogen-bond donors (Lipinski definition) is 1. The molecule has 3 nitrogen and oxygen atoms in total. The summed E-state index contributed by atoms with van der Waals surface area (Å²) in [5.41, 5.74) is 0. The molecule has 0 aliphatic rings. The van der Waals surface area contributed by atoms with Crippen LogP contribution in [0.2, 0.25) is 0 Å². The van der Waals surface area contributed by atoms with Crippen LogP contribution in [0.4, 0.5) is 0 Å². The molecule has 0 saturated carbocycles. The van der Waals surface area contributed by atoms with E-state index >= 15 is 0 Å². The third kappa shape index (κ3) is 13.6. The Morgan fingerprint density at radius 3 is 1.50 bits per heavy atom. The molecule has 0 rings (SSSR count). The highest BCUT2D eigenvalue weighted by Crippen LogP contribution is 1.28. The van der Waals surface area contributed by atoms with Crippen LogP contribution in [0, 0.1) is 22.9 Å². The Morgan fingerprint density at radius 1 is 1.17 bits per heavy atom. The first-order valence-corrected chi connectivity index (χ1v) is 0.947. The fraction of sp³-hybridized carbons (Fsp3) is 0. The average molecular weight is 80.9 g/mol. The smallest absolute Gasteiger partial charge is 0.190 e. The van der Waals surface area contributed by atoms with E-state index in [-0.39, 0.29) is 8.41 Å². The summed E-state index contributed by atoms with van der Waals surface area (Å²) in [4.78, 5) is 0. The van der Waals surface area contributed by atoms with Gasteiger partial charge in [-0.1, -0.05) is 0 Å². The van der Waals surface area contributed by atoms with Gasteiger partial charge in [-0.05, 0) is 0 Å². The normalized spacial score (nSPS) is 3.00. The highest BCUT2D eigenvalue weighted by molar-refractivity contribution is 5.75. The number of hydrogen-bond acceptors (Lipinski definition) is 3. The first kappa shape index (κ1) is 8.85. The lowest BCUT2D eigenvalue weighted by Crippen LogP contribution is -1.88. The van der Waals surface area contributed by atoms with Crippen molar-refractivity contribution in [3.05, 3.63) is 0 Å². The maximum Gasteiger partial charge on any atom is 0.190 e. The molecule has 0 radical (unpaired) electrons. The summed E-state index contributed by atoms with van der Waals surface area (Å²) in [5.74, 6) is 0. The van der Waals surface area contributed by atoms with Crippen LogP contribution in [-0.2, 0) is 0 Å². The molecule has 0 atom stereocenters. The maximum absolute atomic E-state index is 7.48. The molecule has 0 amide bonds. The van der Waals surface area contributed by atoms with Gasteiger partial charge in [-0.2, -0.15) is 10.5 Å². The third-order valence-corrected chi connectivity index (χ3v) is 0.112. The van der Waals surface area contributed by atoms with Crippen LogP contribution >= 0.6 is 0 Å². The molecule has 4 heteroatoms. The van der Waals surface area contributed by atoms with Gasteiger partial charge in [-0.3, -0.25) is 0 Å². The van der Waals surface area contributed by atoms with Crippen molar-refractivity contribution in [2.45, 2.75) is 0 Å². The Kier molecular flexibility index (Phi) is 13.5. The lowest BCUT2D eigenvalue weighted by Gasteiger charge is -1.56. The van der Waals surface area contributed by atoms with Crippen molar-refractivity contribution in [1.29, 1.82) is 10.5 Å². The van der Waals surface area contributed by atoms with Crippen LogP contribution in [0.3, 0.4) is 0 Å². The van der Waals surface area contributed by atoms with E-state index < -0.39 is 0 Å². The standard InChI is InChI=1S/C2HN3.BH3/c3-1-5-2-4;/h5H;1H3. The largest absolute Gasteiger partial charge is 0.229 e. The second-order valence-corrected chi connectivity index (χ2v) is 0.349. The molecule has 0 aromatic carbocycles. The molecule has 0 aromatic rings. The second kappa shape index (κ2) is 9.14. The van der Waals surface area contributed by atoms with E-state index in [2.05, 4.69) is 0 Å². The van der Waals surface area contributed by atoms with Gasteiger partial charge >= 0.3 is 0 Å². The monoisotopic (exact) mass is 81.0 g/mol. The summed E-state index contributed by atoms with van der Waals surface area (Å²) in [7, 11) is 0. The highest BCUT2D eigenvalue weighted by Gasteiger charge is 1.53. The van der Waals surface area contributed by atoms with Crippen LogP contribution in [0.25, 0.3) is 0 Å². The van der Waals surface area contributed by atoms with Gasteiger partial charge in [0.15, 0.2) is 12.4 Å². The summed E-state index contributed by atoms with van der Waals surface area (Å²) >= 11 is 0. The van der Waals surface area contributed by atoms with Gasteiger partial charge in [0, 0.05) is 0 Å². The van der Waals surface area contributed by atoms with Crippen molar-refractivity contribution in [3.8, 4) is 12.4 Å². The van der Waals surface area contributed by atoms with Gasteiger partial charge in [-0.25, -0.2) is 5.32 Å². The average Bonchev–Trinajstić information content (AvgIpc) is 1.41. The zero-order valence-electron chi connectivity index (χ0n) is 2.39. The van der Waals surface area contributed by atoms with Gasteiger partial charge in [0.05, 0.1) is 8.41 Å². The van der Waals surface area contributed by atoms with Crippen LogP contribution in [0.5, 0.6) is 0 Å². The predicted molar refractivity (Wildman–Crippen MR) is 24.3 cm³/mol. The predicted octanol–water partition coefficient (Wildman–Crippen LogP) is -1.65. The summed E-state index contributed by atoms with van der Waals surface area (Å²) in [6.07, 6.45) is 2.81. The van der Waals surface area contributed by atoms with E-state index in [4.69, 9.17) is 10.5 Å². The summed E-state index contributed by atoms with van der Waals surface area (Å²) in [5, 5.41) is 16.7. The van der Waals surface area contributed by atoms with Crippen LogP contribution in [0.15, 0.2) is 0 Å². The second-order valence-electron chi connectivity index (χ2n) is 0.349. The number of nitriles is 2. The van der Waals surface area contributed by atoms with Gasteiger partial charge < -0.3 is 0 Å². The van der Waals surface area contributed by atoms with E-state index in [0.717, 1.165) is 0 Å². The fourth-order valence-corrected chi connectivity index (χ4v) is 0.0250.